The van der Waals surface area contributed by atoms with Gasteiger partial charge >= 0.3 is 126 Å². The third-order valence-electron chi connectivity index (χ3n) is 3.61. The number of aromatic nitrogens is 1. The second-order valence-corrected chi connectivity index (χ2v) is 21.5. The van der Waals surface area contributed by atoms with E-state index < -0.39 is 24.5 Å². The Balaban J connectivity index is 2.36. The number of nitrogens with zero attached hydrogens (tertiary/aromatic N) is 1. The molecule has 2 nitrogen and oxygen atoms in total. The zero-order valence-corrected chi connectivity index (χ0v) is 16.0. The predicted molar refractivity (Wildman–Crippen MR) is 89.1 cm³/mol. The van der Waals surface area contributed by atoms with Gasteiger partial charge in [0.15, 0.2) is 0 Å². The van der Waals surface area contributed by atoms with E-state index >= 15 is 0 Å². The summed E-state index contributed by atoms with van der Waals surface area (Å²) < 4.78 is 1.52. The molecule has 20 heavy (non-hydrogen) atoms. The van der Waals surface area contributed by atoms with Gasteiger partial charge in [0.2, 0.25) is 0 Å². The van der Waals surface area contributed by atoms with E-state index in [1.54, 1.807) is 0 Å². The van der Waals surface area contributed by atoms with Crippen molar-refractivity contribution < 1.29 is 5.11 Å². The number of aliphatic hydroxyl groups excluding tert-OH is 1. The Morgan fingerprint density at radius 1 is 1.10 bits per heavy atom. The van der Waals surface area contributed by atoms with E-state index in [1.165, 1.54) is 8.97 Å². The summed E-state index contributed by atoms with van der Waals surface area (Å²) in [4.78, 5) is 11.9. The van der Waals surface area contributed by atoms with Gasteiger partial charge in [0.05, 0.1) is 0 Å². The molecule has 0 aliphatic carbocycles. The number of aliphatic hydroxyl groups is 1. The molecular formula is C17H25NOSn. The first-order valence-corrected chi connectivity index (χ1v) is 17.4. The van der Waals surface area contributed by atoms with E-state index in [0.717, 1.165) is 17.6 Å². The van der Waals surface area contributed by atoms with Crippen molar-refractivity contribution in [2.24, 2.45) is 5.92 Å². The van der Waals surface area contributed by atoms with Gasteiger partial charge in [-0.25, -0.2) is 0 Å². The topological polar surface area (TPSA) is 33.1 Å². The van der Waals surface area contributed by atoms with Gasteiger partial charge in [-0.05, 0) is 0 Å². The summed E-state index contributed by atoms with van der Waals surface area (Å²) in [5, 5.41) is 11.4. The summed E-state index contributed by atoms with van der Waals surface area (Å²) in [5.41, 5.74) is 1.78. The first-order chi connectivity index (χ1) is 9.27. The van der Waals surface area contributed by atoms with Crippen molar-refractivity contribution >= 4 is 32.9 Å². The van der Waals surface area contributed by atoms with Crippen molar-refractivity contribution in [1.29, 1.82) is 0 Å². The molecule has 1 aromatic carbocycles. The zero-order valence-electron chi connectivity index (χ0n) is 13.1. The quantitative estimate of drug-likeness (QED) is 0.820. The SMILES string of the molecule is CC(C)CC(O)c1ccc2c[c]([Sn]([CH3])([CH3])[CH3])ccc2n1. The predicted octanol–water partition coefficient (Wildman–Crippen LogP) is 3.86. The third-order valence-corrected chi connectivity index (χ3v) is 9.44. The Kier molecular flexibility index (Phi) is 4.75. The van der Waals surface area contributed by atoms with Crippen LogP contribution in [0.5, 0.6) is 0 Å². The molecule has 0 fully saturated rings. The molecule has 1 atom stereocenters. The fraction of sp³-hybridized carbons (Fsp3) is 0.471. The van der Waals surface area contributed by atoms with Crippen molar-refractivity contribution in [3.8, 4) is 0 Å². The molecule has 0 spiro atoms. The Morgan fingerprint density at radius 3 is 2.40 bits per heavy atom. The van der Waals surface area contributed by atoms with Crippen molar-refractivity contribution in [2.75, 3.05) is 0 Å². The molecule has 1 unspecified atom stereocenters. The van der Waals surface area contributed by atoms with Crippen LogP contribution in [-0.4, -0.2) is 28.5 Å². The molecule has 0 aliphatic rings. The number of benzene rings is 1. The molecule has 2 rings (SSSR count). The van der Waals surface area contributed by atoms with E-state index in [-0.39, 0.29) is 0 Å². The van der Waals surface area contributed by atoms with Gasteiger partial charge < -0.3 is 0 Å². The first kappa shape index (κ1) is 15.8. The standard InChI is InChI=1S/C14H16NO.3CH3.Sn/c1-10(2)9-14(16)13-8-7-11-5-3-4-6-12(11)15-13;;;;/h4-8,10,14,16H,9H2,1-2H3;3*1H3;. The molecule has 0 saturated carbocycles. The molecule has 0 radical (unpaired) electrons. The van der Waals surface area contributed by atoms with E-state index in [0.29, 0.717) is 5.92 Å². The number of hydrogen-bond acceptors (Lipinski definition) is 2. The molecular weight excluding hydrogens is 353 g/mol. The van der Waals surface area contributed by atoms with Gasteiger partial charge in [0.1, 0.15) is 0 Å². The van der Waals surface area contributed by atoms with Crippen LogP contribution in [-0.2, 0) is 0 Å². The number of fused-ring (bicyclic) bond motifs is 1. The maximum absolute atomic E-state index is 10.2. The molecule has 1 heterocycles. The first-order valence-electron chi connectivity index (χ1n) is 7.36. The summed E-state index contributed by atoms with van der Waals surface area (Å²) in [5.74, 6) is 0.472. The summed E-state index contributed by atoms with van der Waals surface area (Å²) in [6.07, 6.45) is 0.301. The molecule has 108 valence electrons. The van der Waals surface area contributed by atoms with Crippen molar-refractivity contribution in [3.63, 3.8) is 0 Å². The molecule has 1 aromatic heterocycles. The van der Waals surface area contributed by atoms with E-state index in [1.807, 2.05) is 6.07 Å². The van der Waals surface area contributed by atoms with Crippen LogP contribution in [0.4, 0.5) is 0 Å². The van der Waals surface area contributed by atoms with E-state index in [2.05, 4.69) is 57.9 Å². The normalized spacial score (nSPS) is 13.9. The van der Waals surface area contributed by atoms with Crippen molar-refractivity contribution in [2.45, 2.75) is 41.2 Å². The average molecular weight is 378 g/mol. The van der Waals surface area contributed by atoms with Crippen LogP contribution in [0.25, 0.3) is 10.9 Å². The van der Waals surface area contributed by atoms with Gasteiger partial charge in [-0.2, -0.15) is 0 Å². The van der Waals surface area contributed by atoms with Crippen LogP contribution in [0, 0.1) is 5.92 Å². The molecule has 1 N–H and O–H groups in total. The number of pyridine rings is 1. The monoisotopic (exact) mass is 379 g/mol. The van der Waals surface area contributed by atoms with Gasteiger partial charge in [-0.15, -0.1) is 0 Å². The molecule has 0 saturated heterocycles. The second-order valence-electron chi connectivity index (χ2n) is 7.04. The fourth-order valence-electron chi connectivity index (χ4n) is 2.36. The summed E-state index contributed by atoms with van der Waals surface area (Å²) >= 11 is -2.02. The van der Waals surface area contributed by atoms with Crippen LogP contribution in [0.2, 0.25) is 14.8 Å². The van der Waals surface area contributed by atoms with Gasteiger partial charge in [-0.3, -0.25) is 0 Å². The summed E-state index contributed by atoms with van der Waals surface area (Å²) in [6.45, 7) is 4.24. The van der Waals surface area contributed by atoms with Crippen LogP contribution < -0.4 is 3.58 Å². The second kappa shape index (κ2) is 6.02. The average Bonchev–Trinajstić information content (AvgIpc) is 2.35. The van der Waals surface area contributed by atoms with Gasteiger partial charge in [0, 0.05) is 0 Å². The Labute approximate surface area is 126 Å². The molecule has 0 amide bonds. The molecule has 2 aromatic rings. The number of hydrogen-bond donors (Lipinski definition) is 1. The minimum atomic E-state index is -2.02. The summed E-state index contributed by atoms with van der Waals surface area (Å²) in [7, 11) is 0. The Hall–Kier alpha value is -0.611. The van der Waals surface area contributed by atoms with Gasteiger partial charge in [-0.1, -0.05) is 0 Å². The van der Waals surface area contributed by atoms with Crippen LogP contribution >= 0.6 is 0 Å². The van der Waals surface area contributed by atoms with Crippen molar-refractivity contribution in [1.82, 2.24) is 4.98 Å². The molecule has 3 heteroatoms. The fourth-order valence-corrected chi connectivity index (χ4v) is 5.71. The molecule has 0 bridgehead atoms. The molecule has 0 aliphatic heterocycles. The maximum atomic E-state index is 10.2. The summed E-state index contributed by atoms with van der Waals surface area (Å²) in [6, 6.07) is 10.7. The van der Waals surface area contributed by atoms with E-state index in [4.69, 9.17) is 0 Å². The van der Waals surface area contributed by atoms with Gasteiger partial charge in [0.25, 0.3) is 0 Å². The van der Waals surface area contributed by atoms with Crippen molar-refractivity contribution in [3.05, 3.63) is 36.0 Å². The third kappa shape index (κ3) is 3.73. The van der Waals surface area contributed by atoms with Crippen LogP contribution in [0.3, 0.4) is 0 Å². The Morgan fingerprint density at radius 2 is 1.80 bits per heavy atom. The van der Waals surface area contributed by atoms with Crippen LogP contribution in [0.1, 0.15) is 32.1 Å². The van der Waals surface area contributed by atoms with E-state index in [9.17, 15) is 5.11 Å². The Bertz CT molecular complexity index is 601. The number of rotatable bonds is 4. The van der Waals surface area contributed by atoms with Crippen LogP contribution in [0.15, 0.2) is 30.3 Å². The zero-order chi connectivity index (χ0) is 14.9. The minimum absolute atomic E-state index is 0.458.